The number of piperidine rings is 2. The van der Waals surface area contributed by atoms with Gasteiger partial charge in [0.05, 0.1) is 0 Å². The fourth-order valence-corrected chi connectivity index (χ4v) is 3.68. The molecule has 3 fully saturated rings. The highest BCUT2D eigenvalue weighted by molar-refractivity contribution is 4.96. The molecule has 0 amide bonds. The molecular formula is C12H22N2. The quantitative estimate of drug-likeness (QED) is 0.682. The maximum absolute atomic E-state index is 3.63. The number of nitrogens with zero attached hydrogens (tertiary/aromatic N) is 1. The second-order valence-electron chi connectivity index (χ2n) is 5.57. The molecule has 2 nitrogen and oxygen atoms in total. The second-order valence-corrected chi connectivity index (χ2v) is 5.57. The van der Waals surface area contributed by atoms with Gasteiger partial charge in [0.1, 0.15) is 0 Å². The Hall–Kier alpha value is -0.0800. The average molecular weight is 194 g/mol. The summed E-state index contributed by atoms with van der Waals surface area (Å²) in [6, 6.07) is 2.58. The summed E-state index contributed by atoms with van der Waals surface area (Å²) in [7, 11) is 0. The van der Waals surface area contributed by atoms with Gasteiger partial charge in [-0.3, -0.25) is 4.90 Å². The minimum atomic E-state index is 0.756. The molecule has 80 valence electrons. The van der Waals surface area contributed by atoms with Gasteiger partial charge in [-0.15, -0.1) is 0 Å². The Bertz CT molecular complexity index is 208. The highest BCUT2D eigenvalue weighted by Gasteiger charge is 2.41. The van der Waals surface area contributed by atoms with E-state index in [0.717, 1.165) is 24.0 Å². The van der Waals surface area contributed by atoms with E-state index in [4.69, 9.17) is 0 Å². The summed E-state index contributed by atoms with van der Waals surface area (Å²) in [6.45, 7) is 4.96. The van der Waals surface area contributed by atoms with Gasteiger partial charge in [0.15, 0.2) is 0 Å². The van der Waals surface area contributed by atoms with E-state index < -0.39 is 0 Å². The Labute approximate surface area is 87.0 Å². The summed E-state index contributed by atoms with van der Waals surface area (Å²) < 4.78 is 0. The zero-order valence-electron chi connectivity index (χ0n) is 9.21. The number of rotatable bonds is 1. The molecule has 1 saturated carbocycles. The molecule has 4 atom stereocenters. The van der Waals surface area contributed by atoms with Crippen LogP contribution in [0.1, 0.15) is 39.0 Å². The first-order valence-corrected chi connectivity index (χ1v) is 6.32. The number of hydrogen-bond acceptors (Lipinski definition) is 2. The molecule has 1 aliphatic carbocycles. The highest BCUT2D eigenvalue weighted by atomic mass is 15.2. The molecule has 3 aliphatic rings. The van der Waals surface area contributed by atoms with E-state index in [1.807, 2.05) is 0 Å². The second kappa shape index (κ2) is 3.49. The van der Waals surface area contributed by atoms with Crippen LogP contribution in [0.5, 0.6) is 0 Å². The molecule has 0 spiro atoms. The van der Waals surface area contributed by atoms with Gasteiger partial charge in [-0.25, -0.2) is 0 Å². The van der Waals surface area contributed by atoms with Crippen molar-refractivity contribution in [1.29, 1.82) is 0 Å². The summed E-state index contributed by atoms with van der Waals surface area (Å²) >= 11 is 0. The Morgan fingerprint density at radius 2 is 1.93 bits per heavy atom. The van der Waals surface area contributed by atoms with Crippen molar-refractivity contribution in [3.63, 3.8) is 0 Å². The summed E-state index contributed by atoms with van der Waals surface area (Å²) in [5, 5.41) is 3.63. The lowest BCUT2D eigenvalue weighted by molar-refractivity contribution is 0.118. The van der Waals surface area contributed by atoms with Crippen molar-refractivity contribution >= 4 is 0 Å². The Morgan fingerprint density at radius 3 is 2.50 bits per heavy atom. The first-order chi connectivity index (χ1) is 6.83. The minimum Gasteiger partial charge on any atom is -0.313 e. The Morgan fingerprint density at radius 1 is 1.07 bits per heavy atom. The first-order valence-electron chi connectivity index (χ1n) is 6.32. The van der Waals surface area contributed by atoms with E-state index in [9.17, 15) is 0 Å². The molecule has 4 unspecified atom stereocenters. The fraction of sp³-hybridized carbons (Fsp3) is 1.00. The molecule has 2 saturated heterocycles. The molecule has 2 aliphatic heterocycles. The van der Waals surface area contributed by atoms with Crippen LogP contribution in [0.2, 0.25) is 0 Å². The van der Waals surface area contributed by atoms with Crippen LogP contribution in [-0.4, -0.2) is 36.1 Å². The molecule has 0 radical (unpaired) electrons. The monoisotopic (exact) mass is 194 g/mol. The van der Waals surface area contributed by atoms with Gasteiger partial charge < -0.3 is 5.32 Å². The van der Waals surface area contributed by atoms with E-state index in [0.29, 0.717) is 0 Å². The summed E-state index contributed by atoms with van der Waals surface area (Å²) in [5.74, 6) is 1.05. The molecular weight excluding hydrogens is 172 g/mol. The molecule has 2 bridgehead atoms. The van der Waals surface area contributed by atoms with E-state index in [1.165, 1.54) is 45.2 Å². The highest BCUT2D eigenvalue weighted by Crippen LogP contribution is 2.39. The smallest absolute Gasteiger partial charge is 0.0224 e. The Kier molecular flexibility index (Phi) is 2.29. The van der Waals surface area contributed by atoms with E-state index in [1.54, 1.807) is 0 Å². The van der Waals surface area contributed by atoms with Crippen molar-refractivity contribution in [3.05, 3.63) is 0 Å². The molecule has 2 heteroatoms. The van der Waals surface area contributed by atoms with E-state index in [-0.39, 0.29) is 0 Å². The third-order valence-electron chi connectivity index (χ3n) is 4.56. The van der Waals surface area contributed by atoms with Crippen LogP contribution in [0, 0.1) is 5.92 Å². The molecule has 0 aromatic rings. The predicted octanol–water partition coefficient (Wildman–Crippen LogP) is 1.61. The van der Waals surface area contributed by atoms with Crippen molar-refractivity contribution in [1.82, 2.24) is 10.2 Å². The summed E-state index contributed by atoms with van der Waals surface area (Å²) in [4.78, 5) is 2.81. The number of nitrogens with one attached hydrogen (secondary N) is 1. The fourth-order valence-electron chi connectivity index (χ4n) is 3.68. The van der Waals surface area contributed by atoms with Crippen molar-refractivity contribution in [3.8, 4) is 0 Å². The van der Waals surface area contributed by atoms with Gasteiger partial charge in [0.2, 0.25) is 0 Å². The lowest BCUT2D eigenvalue weighted by Crippen LogP contribution is -2.51. The standard InChI is InChI=1S/C12H22N2/c1-9-2-4-12(7-13-9)14-8-10-3-5-11(14)6-10/h9-13H,2-8H2,1H3. The van der Waals surface area contributed by atoms with E-state index >= 15 is 0 Å². The minimum absolute atomic E-state index is 0.756. The molecule has 0 aromatic heterocycles. The number of hydrogen-bond donors (Lipinski definition) is 1. The molecule has 1 N–H and O–H groups in total. The maximum atomic E-state index is 3.63. The molecule has 3 rings (SSSR count). The topological polar surface area (TPSA) is 15.3 Å². The lowest BCUT2D eigenvalue weighted by atomic mass is 9.98. The average Bonchev–Trinajstić information content (AvgIpc) is 2.80. The Balaban J connectivity index is 1.61. The first kappa shape index (κ1) is 9.17. The zero-order valence-corrected chi connectivity index (χ0v) is 9.21. The zero-order chi connectivity index (χ0) is 9.54. The van der Waals surface area contributed by atoms with Crippen LogP contribution in [0.3, 0.4) is 0 Å². The van der Waals surface area contributed by atoms with Gasteiger partial charge in [-0.2, -0.15) is 0 Å². The molecule has 0 aromatic carbocycles. The molecule has 2 heterocycles. The third kappa shape index (κ3) is 1.49. The van der Waals surface area contributed by atoms with Gasteiger partial charge in [0.25, 0.3) is 0 Å². The van der Waals surface area contributed by atoms with Crippen LogP contribution in [0.4, 0.5) is 0 Å². The van der Waals surface area contributed by atoms with Crippen molar-refractivity contribution in [2.24, 2.45) is 5.92 Å². The van der Waals surface area contributed by atoms with E-state index in [2.05, 4.69) is 17.1 Å². The number of fused-ring (bicyclic) bond motifs is 2. The van der Waals surface area contributed by atoms with Gasteiger partial charge in [-0.1, -0.05) is 0 Å². The van der Waals surface area contributed by atoms with Crippen molar-refractivity contribution in [2.45, 2.75) is 57.2 Å². The van der Waals surface area contributed by atoms with Crippen molar-refractivity contribution in [2.75, 3.05) is 13.1 Å². The van der Waals surface area contributed by atoms with Gasteiger partial charge in [-0.05, 0) is 44.9 Å². The van der Waals surface area contributed by atoms with Crippen LogP contribution in [0.25, 0.3) is 0 Å². The molecule has 14 heavy (non-hydrogen) atoms. The summed E-state index contributed by atoms with van der Waals surface area (Å²) in [6.07, 6.45) is 7.30. The normalized spacial score (nSPS) is 48.6. The van der Waals surface area contributed by atoms with Crippen molar-refractivity contribution < 1.29 is 0 Å². The number of likely N-dealkylation sites (tertiary alicyclic amines) is 1. The largest absolute Gasteiger partial charge is 0.313 e. The third-order valence-corrected chi connectivity index (χ3v) is 4.56. The summed E-state index contributed by atoms with van der Waals surface area (Å²) in [5.41, 5.74) is 0. The SMILES string of the molecule is CC1CCC(N2CC3CCC2C3)CN1. The predicted molar refractivity (Wildman–Crippen MR) is 58.3 cm³/mol. The van der Waals surface area contributed by atoms with Crippen LogP contribution in [0.15, 0.2) is 0 Å². The van der Waals surface area contributed by atoms with Crippen LogP contribution >= 0.6 is 0 Å². The van der Waals surface area contributed by atoms with Gasteiger partial charge >= 0.3 is 0 Å². The van der Waals surface area contributed by atoms with Crippen LogP contribution in [-0.2, 0) is 0 Å². The lowest BCUT2D eigenvalue weighted by Gasteiger charge is -2.39. The maximum Gasteiger partial charge on any atom is 0.0224 e. The van der Waals surface area contributed by atoms with Gasteiger partial charge in [0, 0.05) is 31.2 Å². The van der Waals surface area contributed by atoms with Crippen LogP contribution < -0.4 is 5.32 Å².